The second-order valence-corrected chi connectivity index (χ2v) is 4.76. The number of hydrogen-bond acceptors (Lipinski definition) is 3. The van der Waals surface area contributed by atoms with Crippen molar-refractivity contribution in [3.05, 3.63) is 29.8 Å². The zero-order valence-electron chi connectivity index (χ0n) is 10.9. The molecule has 98 valence electrons. The Kier molecular flexibility index (Phi) is 4.31. The molecule has 1 aromatic rings. The highest BCUT2D eigenvalue weighted by Gasteiger charge is 2.25. The van der Waals surface area contributed by atoms with Crippen molar-refractivity contribution < 1.29 is 9.59 Å². The first-order valence-electron chi connectivity index (χ1n) is 5.73. The average molecular weight is 249 g/mol. The van der Waals surface area contributed by atoms with Crippen LogP contribution in [0.2, 0.25) is 0 Å². The molecule has 0 aromatic heterocycles. The van der Waals surface area contributed by atoms with Gasteiger partial charge in [0.25, 0.3) is 5.91 Å². The topological polar surface area (TPSA) is 84.2 Å². The molecule has 5 heteroatoms. The summed E-state index contributed by atoms with van der Waals surface area (Å²) in [5.74, 6) is -0.652. The number of primary amides is 1. The van der Waals surface area contributed by atoms with Gasteiger partial charge in [-0.15, -0.1) is 0 Å². The van der Waals surface area contributed by atoms with Crippen LogP contribution in [-0.4, -0.2) is 25.4 Å². The van der Waals surface area contributed by atoms with Crippen LogP contribution in [0.1, 0.15) is 24.2 Å². The maximum Gasteiger partial charge on any atom is 0.251 e. The van der Waals surface area contributed by atoms with Crippen molar-refractivity contribution in [2.24, 2.45) is 11.1 Å². The predicted molar refractivity (Wildman–Crippen MR) is 71.3 cm³/mol. The molecule has 0 unspecified atom stereocenters. The third-order valence-corrected chi connectivity index (χ3v) is 2.79. The molecule has 5 nitrogen and oxygen atoms in total. The molecule has 2 amide bonds. The Morgan fingerprint density at radius 2 is 1.78 bits per heavy atom. The van der Waals surface area contributed by atoms with Gasteiger partial charge in [-0.3, -0.25) is 9.59 Å². The summed E-state index contributed by atoms with van der Waals surface area (Å²) in [5, 5.41) is 5.67. The number of rotatable bonds is 5. The largest absolute Gasteiger partial charge is 0.388 e. The summed E-state index contributed by atoms with van der Waals surface area (Å²) in [6, 6.07) is 7.07. The third kappa shape index (κ3) is 3.48. The lowest BCUT2D eigenvalue weighted by Gasteiger charge is -2.20. The summed E-state index contributed by atoms with van der Waals surface area (Å²) < 4.78 is 0. The molecule has 0 spiro atoms. The van der Waals surface area contributed by atoms with Crippen molar-refractivity contribution in [3.8, 4) is 0 Å². The van der Waals surface area contributed by atoms with Crippen LogP contribution in [0.3, 0.4) is 0 Å². The van der Waals surface area contributed by atoms with E-state index in [1.54, 1.807) is 26.0 Å². The number of hydrogen-bond donors (Lipinski definition) is 3. The number of carbonyl (C=O) groups excluding carboxylic acids is 2. The highest BCUT2D eigenvalue weighted by Crippen LogP contribution is 2.13. The van der Waals surface area contributed by atoms with Crippen molar-refractivity contribution in [1.82, 2.24) is 5.32 Å². The lowest BCUT2D eigenvalue weighted by Crippen LogP contribution is -2.42. The smallest absolute Gasteiger partial charge is 0.251 e. The Morgan fingerprint density at radius 3 is 2.22 bits per heavy atom. The monoisotopic (exact) mass is 249 g/mol. The highest BCUT2D eigenvalue weighted by atomic mass is 16.2. The van der Waals surface area contributed by atoms with Gasteiger partial charge in [0, 0.05) is 24.8 Å². The van der Waals surface area contributed by atoms with E-state index in [-0.39, 0.29) is 12.5 Å². The van der Waals surface area contributed by atoms with Crippen LogP contribution < -0.4 is 16.4 Å². The SMILES string of the molecule is CNc1ccc(C(=O)NCC(C)(C)C(N)=O)cc1. The van der Waals surface area contributed by atoms with Gasteiger partial charge in [-0.05, 0) is 38.1 Å². The Hall–Kier alpha value is -2.04. The summed E-state index contributed by atoms with van der Waals surface area (Å²) in [4.78, 5) is 22.9. The predicted octanol–water partition coefficient (Wildman–Crippen LogP) is 0.970. The number of nitrogens with two attached hydrogens (primary N) is 1. The number of anilines is 1. The molecular formula is C13H19N3O2. The fourth-order valence-corrected chi connectivity index (χ4v) is 1.28. The number of benzene rings is 1. The lowest BCUT2D eigenvalue weighted by molar-refractivity contribution is -0.125. The molecule has 0 saturated heterocycles. The maximum atomic E-state index is 11.8. The van der Waals surface area contributed by atoms with E-state index in [0.29, 0.717) is 5.56 Å². The molecule has 0 heterocycles. The maximum absolute atomic E-state index is 11.8. The van der Waals surface area contributed by atoms with Gasteiger partial charge in [-0.1, -0.05) is 0 Å². The summed E-state index contributed by atoms with van der Waals surface area (Å²) >= 11 is 0. The zero-order chi connectivity index (χ0) is 13.8. The first kappa shape index (κ1) is 14.0. The van der Waals surface area contributed by atoms with Crippen molar-refractivity contribution in [2.45, 2.75) is 13.8 Å². The van der Waals surface area contributed by atoms with E-state index in [4.69, 9.17) is 5.73 Å². The number of carbonyl (C=O) groups is 2. The first-order chi connectivity index (χ1) is 8.36. The van der Waals surface area contributed by atoms with Crippen LogP contribution in [-0.2, 0) is 4.79 Å². The van der Waals surface area contributed by atoms with Crippen LogP contribution in [0.5, 0.6) is 0 Å². The third-order valence-electron chi connectivity index (χ3n) is 2.79. The van der Waals surface area contributed by atoms with Gasteiger partial charge in [0.2, 0.25) is 5.91 Å². The summed E-state index contributed by atoms with van der Waals surface area (Å²) in [7, 11) is 1.81. The Bertz CT molecular complexity index is 438. The minimum atomic E-state index is -0.749. The molecule has 1 rings (SSSR count). The highest BCUT2D eigenvalue weighted by molar-refractivity contribution is 5.95. The molecule has 0 aliphatic carbocycles. The Labute approximate surface area is 107 Å². The van der Waals surface area contributed by atoms with Gasteiger partial charge in [0.1, 0.15) is 0 Å². The Balaban J connectivity index is 2.63. The average Bonchev–Trinajstić information content (AvgIpc) is 2.36. The second kappa shape index (κ2) is 5.53. The Morgan fingerprint density at radius 1 is 1.22 bits per heavy atom. The van der Waals surface area contributed by atoms with E-state index in [2.05, 4.69) is 10.6 Å². The molecule has 1 aromatic carbocycles. The molecule has 0 radical (unpaired) electrons. The van der Waals surface area contributed by atoms with Crippen LogP contribution >= 0.6 is 0 Å². The molecule has 0 aliphatic rings. The van der Waals surface area contributed by atoms with E-state index in [9.17, 15) is 9.59 Å². The van der Waals surface area contributed by atoms with E-state index in [0.717, 1.165) is 5.69 Å². The zero-order valence-corrected chi connectivity index (χ0v) is 10.9. The molecule has 18 heavy (non-hydrogen) atoms. The van der Waals surface area contributed by atoms with Crippen molar-refractivity contribution in [1.29, 1.82) is 0 Å². The van der Waals surface area contributed by atoms with Crippen LogP contribution in [0, 0.1) is 5.41 Å². The standard InChI is InChI=1S/C13H19N3O2/c1-13(2,12(14)18)8-16-11(17)9-4-6-10(15-3)7-5-9/h4-7,15H,8H2,1-3H3,(H2,14,18)(H,16,17). The fourth-order valence-electron chi connectivity index (χ4n) is 1.28. The van der Waals surface area contributed by atoms with E-state index in [1.165, 1.54) is 0 Å². The van der Waals surface area contributed by atoms with Gasteiger partial charge in [-0.25, -0.2) is 0 Å². The fraction of sp³-hybridized carbons (Fsp3) is 0.385. The van der Waals surface area contributed by atoms with Gasteiger partial charge in [-0.2, -0.15) is 0 Å². The molecule has 0 saturated carbocycles. The molecule has 0 fully saturated rings. The van der Waals surface area contributed by atoms with Crippen molar-refractivity contribution in [3.63, 3.8) is 0 Å². The van der Waals surface area contributed by atoms with Gasteiger partial charge in [0.15, 0.2) is 0 Å². The molecule has 0 bridgehead atoms. The van der Waals surface area contributed by atoms with Gasteiger partial charge < -0.3 is 16.4 Å². The van der Waals surface area contributed by atoms with Crippen molar-refractivity contribution in [2.75, 3.05) is 18.9 Å². The summed E-state index contributed by atoms with van der Waals surface area (Å²) in [5.41, 5.74) is 5.97. The summed E-state index contributed by atoms with van der Waals surface area (Å²) in [6.45, 7) is 3.61. The van der Waals surface area contributed by atoms with Crippen LogP contribution in [0.4, 0.5) is 5.69 Å². The van der Waals surface area contributed by atoms with E-state index >= 15 is 0 Å². The first-order valence-corrected chi connectivity index (χ1v) is 5.73. The molecular weight excluding hydrogens is 230 g/mol. The molecule has 0 aliphatic heterocycles. The van der Waals surface area contributed by atoms with Crippen molar-refractivity contribution >= 4 is 17.5 Å². The minimum absolute atomic E-state index is 0.216. The van der Waals surface area contributed by atoms with Crippen LogP contribution in [0.15, 0.2) is 24.3 Å². The number of nitrogens with one attached hydrogen (secondary N) is 2. The van der Waals surface area contributed by atoms with Gasteiger partial charge in [0.05, 0.1) is 5.41 Å². The summed E-state index contributed by atoms with van der Waals surface area (Å²) in [6.07, 6.45) is 0. The minimum Gasteiger partial charge on any atom is -0.388 e. The van der Waals surface area contributed by atoms with E-state index < -0.39 is 11.3 Å². The lowest BCUT2D eigenvalue weighted by atomic mass is 9.92. The molecule has 0 atom stereocenters. The second-order valence-electron chi connectivity index (χ2n) is 4.76. The normalized spacial score (nSPS) is 10.8. The quantitative estimate of drug-likeness (QED) is 0.727. The van der Waals surface area contributed by atoms with Crippen LogP contribution in [0.25, 0.3) is 0 Å². The van der Waals surface area contributed by atoms with E-state index in [1.807, 2.05) is 19.2 Å². The molecule has 4 N–H and O–H groups in total. The van der Waals surface area contributed by atoms with Gasteiger partial charge >= 0.3 is 0 Å². The number of amides is 2.